The Hall–Kier alpha value is -2.16. The van der Waals surface area contributed by atoms with Gasteiger partial charge in [0.25, 0.3) is 0 Å². The predicted octanol–water partition coefficient (Wildman–Crippen LogP) is -12.6. The standard InChI is InChI=1S/4C7H6O3.4Na.3H2O/c4*8-6-4-2-1-3-5(6)7(9)10;;;;;;;/h4*1-4,8H,(H,9,10);;;;;3*1H2/q;;;;4*+1;;;/p-4. The Morgan fingerprint density at radius 1 is 0.340 bits per heavy atom. The SMILES string of the molecule is O.O.O.O=C(O)c1ccccc1[O-].O=C(O)c1ccccc1[O-].O=C(O)c1ccccc1[O-].O=C(O)c1ccccc1[O-].[Na+].[Na+].[Na+].[Na+]. The number of rotatable bonds is 4. The molecule has 0 atom stereocenters. The molecule has 4 aromatic carbocycles. The van der Waals surface area contributed by atoms with Crippen molar-refractivity contribution in [2.45, 2.75) is 0 Å². The molecule has 0 aliphatic heterocycles. The van der Waals surface area contributed by atoms with E-state index >= 15 is 0 Å². The van der Waals surface area contributed by atoms with Gasteiger partial charge in [0.2, 0.25) is 0 Å². The van der Waals surface area contributed by atoms with Crippen molar-refractivity contribution < 1.29 is 195 Å². The summed E-state index contributed by atoms with van der Waals surface area (Å²) in [5.74, 6) is -6.50. The number of para-hydroxylation sites is 4. The molecule has 0 heterocycles. The summed E-state index contributed by atoms with van der Waals surface area (Å²) in [6.45, 7) is 0. The molecule has 0 unspecified atom stereocenters. The van der Waals surface area contributed by atoms with E-state index in [1.54, 1.807) is 0 Å². The molecule has 0 fully saturated rings. The van der Waals surface area contributed by atoms with Gasteiger partial charge in [0, 0.05) is 0 Å². The molecular formula is C28H26Na4O15. The van der Waals surface area contributed by atoms with Crippen LogP contribution in [0.1, 0.15) is 41.4 Å². The molecule has 4 aromatic rings. The maximum atomic E-state index is 10.7. The van der Waals surface area contributed by atoms with Crippen molar-refractivity contribution in [2.75, 3.05) is 0 Å². The van der Waals surface area contributed by atoms with Crippen molar-refractivity contribution in [2.24, 2.45) is 0 Å². The summed E-state index contributed by atoms with van der Waals surface area (Å²) in [4.78, 5) is 40.9. The third-order valence-corrected chi connectivity index (χ3v) is 4.47. The molecular weight excluding hydrogens is 668 g/mol. The molecule has 0 aliphatic carbocycles. The monoisotopic (exact) mass is 694 g/mol. The van der Waals surface area contributed by atoms with E-state index in [2.05, 4.69) is 0 Å². The molecule has 0 aromatic heterocycles. The number of aromatic carboxylic acids is 4. The predicted molar refractivity (Wildman–Crippen MR) is 142 cm³/mol. The zero-order valence-electron chi connectivity index (χ0n) is 25.8. The van der Waals surface area contributed by atoms with E-state index in [-0.39, 0.29) is 157 Å². The number of hydrogen-bond donors (Lipinski definition) is 4. The van der Waals surface area contributed by atoms with Crippen LogP contribution in [0.2, 0.25) is 0 Å². The summed E-state index contributed by atoms with van der Waals surface area (Å²) in [5, 5.41) is 76.2. The van der Waals surface area contributed by atoms with Gasteiger partial charge in [-0.15, -0.1) is 0 Å². The second-order valence-corrected chi connectivity index (χ2v) is 7.21. The second-order valence-electron chi connectivity index (χ2n) is 7.21. The number of hydrogen-bond acceptors (Lipinski definition) is 8. The van der Waals surface area contributed by atoms with Gasteiger partial charge < -0.3 is 57.3 Å². The summed E-state index contributed by atoms with van der Waals surface area (Å²) >= 11 is 0. The number of benzene rings is 4. The molecule has 10 N–H and O–H groups in total. The molecule has 0 radical (unpaired) electrons. The first-order valence-corrected chi connectivity index (χ1v) is 10.8. The van der Waals surface area contributed by atoms with Crippen LogP contribution in [0.15, 0.2) is 97.1 Å². The molecule has 47 heavy (non-hydrogen) atoms. The molecule has 15 nitrogen and oxygen atoms in total. The Bertz CT molecular complexity index is 1270. The van der Waals surface area contributed by atoms with E-state index in [1.165, 1.54) is 97.1 Å². The van der Waals surface area contributed by atoms with E-state index in [0.29, 0.717) is 0 Å². The zero-order valence-corrected chi connectivity index (χ0v) is 33.8. The fourth-order valence-corrected chi connectivity index (χ4v) is 2.57. The largest absolute Gasteiger partial charge is 1.00 e. The Morgan fingerprint density at radius 3 is 0.553 bits per heavy atom. The van der Waals surface area contributed by atoms with Gasteiger partial charge in [-0.3, -0.25) is 0 Å². The molecule has 19 heteroatoms. The van der Waals surface area contributed by atoms with Gasteiger partial charge in [-0.05, 0) is 24.3 Å². The minimum atomic E-state index is -1.18. The number of carboxylic acid groups (broad SMARTS) is 4. The summed E-state index contributed by atoms with van der Waals surface area (Å²) in [5.41, 5.74) is -0.713. The van der Waals surface area contributed by atoms with Gasteiger partial charge in [0.15, 0.2) is 0 Å². The van der Waals surface area contributed by atoms with E-state index < -0.39 is 46.9 Å². The van der Waals surface area contributed by atoms with Crippen molar-refractivity contribution in [3.63, 3.8) is 0 Å². The Labute approximate surface area is 356 Å². The van der Waals surface area contributed by atoms with E-state index in [4.69, 9.17) is 20.4 Å². The van der Waals surface area contributed by atoms with Crippen LogP contribution in [-0.4, -0.2) is 60.7 Å². The van der Waals surface area contributed by atoms with Crippen LogP contribution in [0.5, 0.6) is 23.0 Å². The van der Waals surface area contributed by atoms with Crippen molar-refractivity contribution in [1.82, 2.24) is 0 Å². The molecule has 0 bridgehead atoms. The number of carboxylic acids is 4. The van der Waals surface area contributed by atoms with E-state index in [1.807, 2.05) is 0 Å². The Balaban J connectivity index is -0.0000000865. The van der Waals surface area contributed by atoms with Crippen LogP contribution in [0, 0.1) is 0 Å². The Morgan fingerprint density at radius 2 is 0.468 bits per heavy atom. The summed E-state index contributed by atoms with van der Waals surface area (Å²) in [6.07, 6.45) is 0. The quantitative estimate of drug-likeness (QED) is 0.145. The fourth-order valence-electron chi connectivity index (χ4n) is 2.57. The summed E-state index contributed by atoms with van der Waals surface area (Å²) < 4.78 is 0. The average molecular weight is 694 g/mol. The van der Waals surface area contributed by atoms with Gasteiger partial charge in [0.1, 0.15) is 0 Å². The average Bonchev–Trinajstić information content (AvgIpc) is 2.90. The molecule has 0 saturated carbocycles. The van der Waals surface area contributed by atoms with Gasteiger partial charge in [0.05, 0.1) is 22.3 Å². The Kier molecular flexibility index (Phi) is 41.5. The van der Waals surface area contributed by atoms with Crippen LogP contribution in [0.3, 0.4) is 0 Å². The third-order valence-electron chi connectivity index (χ3n) is 4.47. The second kappa shape index (κ2) is 32.4. The van der Waals surface area contributed by atoms with Crippen molar-refractivity contribution in [3.05, 3.63) is 119 Å². The van der Waals surface area contributed by atoms with E-state index in [0.717, 1.165) is 0 Å². The van der Waals surface area contributed by atoms with Gasteiger partial charge >= 0.3 is 142 Å². The van der Waals surface area contributed by atoms with Crippen LogP contribution in [0.25, 0.3) is 0 Å². The van der Waals surface area contributed by atoms with Gasteiger partial charge in [-0.1, -0.05) is 95.8 Å². The summed E-state index contributed by atoms with van der Waals surface area (Å²) in [6, 6.07) is 22.1. The third kappa shape index (κ3) is 22.9. The first-order valence-electron chi connectivity index (χ1n) is 10.8. The minimum absolute atomic E-state index is 0. The van der Waals surface area contributed by atoms with Crippen LogP contribution < -0.4 is 139 Å². The molecule has 0 saturated heterocycles. The first-order chi connectivity index (χ1) is 18.9. The van der Waals surface area contributed by atoms with Crippen LogP contribution in [-0.2, 0) is 0 Å². The molecule has 0 spiro atoms. The summed E-state index contributed by atoms with van der Waals surface area (Å²) in [7, 11) is 0. The smallest absolute Gasteiger partial charge is 0.872 e. The van der Waals surface area contributed by atoms with Gasteiger partial charge in [-0.2, -0.15) is 0 Å². The van der Waals surface area contributed by atoms with E-state index in [9.17, 15) is 39.6 Å². The van der Waals surface area contributed by atoms with Crippen molar-refractivity contribution >= 4 is 23.9 Å². The van der Waals surface area contributed by atoms with Crippen molar-refractivity contribution in [1.29, 1.82) is 0 Å². The van der Waals surface area contributed by atoms with Crippen LogP contribution in [0.4, 0.5) is 0 Å². The molecule has 4 rings (SSSR count). The number of carbonyl (C=O) groups is 4. The fraction of sp³-hybridized carbons (Fsp3) is 0. The maximum absolute atomic E-state index is 10.7. The normalized spacial score (nSPS) is 7.83. The topological polar surface area (TPSA) is 336 Å². The zero-order chi connectivity index (χ0) is 30.2. The first kappa shape index (κ1) is 60.2. The van der Waals surface area contributed by atoms with Crippen LogP contribution >= 0.6 is 0 Å². The maximum Gasteiger partial charge on any atom is 1.00 e. The minimum Gasteiger partial charge on any atom is -0.872 e. The molecule has 232 valence electrons. The van der Waals surface area contributed by atoms with Gasteiger partial charge in [-0.25, -0.2) is 19.2 Å². The molecule has 0 amide bonds. The van der Waals surface area contributed by atoms with Crippen molar-refractivity contribution in [3.8, 4) is 23.0 Å². The molecule has 0 aliphatic rings.